The van der Waals surface area contributed by atoms with Crippen LogP contribution in [-0.4, -0.2) is 46.7 Å². The van der Waals surface area contributed by atoms with Crippen LogP contribution < -0.4 is 5.73 Å². The van der Waals surface area contributed by atoms with Crippen LogP contribution in [0.5, 0.6) is 0 Å². The molecule has 0 saturated heterocycles. The van der Waals surface area contributed by atoms with Gasteiger partial charge in [0.1, 0.15) is 0 Å². The van der Waals surface area contributed by atoms with Crippen LogP contribution in [0.15, 0.2) is 28.5 Å². The molecular formula is C10H14N4O2S. The normalized spacial score (nSPS) is 11.3. The number of aromatic nitrogens is 1. The molecule has 1 rings (SSSR count). The molecule has 0 atom stereocenters. The quantitative estimate of drug-likeness (QED) is 0.266. The van der Waals surface area contributed by atoms with Crippen LogP contribution in [0.2, 0.25) is 0 Å². The van der Waals surface area contributed by atoms with Gasteiger partial charge in [0, 0.05) is 25.9 Å². The van der Waals surface area contributed by atoms with Crippen molar-refractivity contribution in [3.8, 4) is 0 Å². The Hall–Kier alpha value is -1.76. The van der Waals surface area contributed by atoms with E-state index in [4.69, 9.17) is 10.9 Å². The van der Waals surface area contributed by atoms with Gasteiger partial charge in [0.2, 0.25) is 5.91 Å². The third-order valence-electron chi connectivity index (χ3n) is 1.98. The van der Waals surface area contributed by atoms with E-state index >= 15 is 0 Å². The summed E-state index contributed by atoms with van der Waals surface area (Å²) < 4.78 is 0. The van der Waals surface area contributed by atoms with Gasteiger partial charge in [-0.3, -0.25) is 4.79 Å². The van der Waals surface area contributed by atoms with Crippen molar-refractivity contribution in [3.05, 3.63) is 23.9 Å². The zero-order valence-electron chi connectivity index (χ0n) is 9.62. The molecule has 0 unspecified atom stereocenters. The van der Waals surface area contributed by atoms with Crippen LogP contribution in [0.4, 0.5) is 0 Å². The van der Waals surface area contributed by atoms with E-state index in [1.54, 1.807) is 32.4 Å². The molecule has 0 bridgehead atoms. The molecule has 6 nitrogen and oxygen atoms in total. The molecule has 1 amide bonds. The number of carbonyl (C=O) groups excluding carboxylic acids is 1. The average Bonchev–Trinajstić information content (AvgIpc) is 2.35. The molecule has 17 heavy (non-hydrogen) atoms. The highest BCUT2D eigenvalue weighted by molar-refractivity contribution is 7.99. The Bertz CT molecular complexity index is 434. The minimum absolute atomic E-state index is 0.00556. The van der Waals surface area contributed by atoms with Crippen molar-refractivity contribution in [2.24, 2.45) is 10.9 Å². The van der Waals surface area contributed by atoms with Gasteiger partial charge in [-0.2, -0.15) is 0 Å². The molecule has 0 radical (unpaired) electrons. The molecule has 92 valence electrons. The van der Waals surface area contributed by atoms with E-state index in [-0.39, 0.29) is 11.7 Å². The van der Waals surface area contributed by atoms with Crippen molar-refractivity contribution in [3.63, 3.8) is 0 Å². The molecule has 1 heterocycles. The van der Waals surface area contributed by atoms with Gasteiger partial charge in [-0.1, -0.05) is 16.9 Å². The molecule has 0 aliphatic rings. The summed E-state index contributed by atoms with van der Waals surface area (Å²) in [5.41, 5.74) is 6.03. The Morgan fingerprint density at radius 1 is 1.65 bits per heavy atom. The SMILES string of the molecule is CN(C)C(=O)CSc1cc(/C(N)=N/O)ccn1. The van der Waals surface area contributed by atoms with Gasteiger partial charge in [0.25, 0.3) is 0 Å². The maximum atomic E-state index is 11.4. The molecule has 0 aromatic carbocycles. The third-order valence-corrected chi connectivity index (χ3v) is 2.89. The van der Waals surface area contributed by atoms with Crippen molar-refractivity contribution < 1.29 is 10.0 Å². The van der Waals surface area contributed by atoms with Gasteiger partial charge in [-0.15, -0.1) is 0 Å². The van der Waals surface area contributed by atoms with E-state index in [2.05, 4.69) is 10.1 Å². The number of amides is 1. The standard InChI is InChI=1S/C10H14N4O2S/c1-14(2)9(15)6-17-8-5-7(3-4-12-8)10(11)13-16/h3-5,16H,6H2,1-2H3,(H2,11,13). The van der Waals surface area contributed by atoms with Gasteiger partial charge in [0.05, 0.1) is 10.8 Å². The summed E-state index contributed by atoms with van der Waals surface area (Å²) >= 11 is 1.30. The Morgan fingerprint density at radius 2 is 2.35 bits per heavy atom. The number of amidine groups is 1. The number of pyridine rings is 1. The molecule has 1 aromatic heterocycles. The van der Waals surface area contributed by atoms with E-state index < -0.39 is 0 Å². The number of hydrogen-bond acceptors (Lipinski definition) is 5. The van der Waals surface area contributed by atoms with E-state index in [0.29, 0.717) is 16.3 Å². The molecule has 7 heteroatoms. The third kappa shape index (κ3) is 3.95. The predicted molar refractivity (Wildman–Crippen MR) is 66.2 cm³/mol. The Balaban J connectivity index is 2.70. The lowest BCUT2D eigenvalue weighted by atomic mass is 10.2. The van der Waals surface area contributed by atoms with Gasteiger partial charge in [0.15, 0.2) is 5.84 Å². The molecule has 0 spiro atoms. The van der Waals surface area contributed by atoms with Crippen molar-refractivity contribution >= 4 is 23.5 Å². The number of thioether (sulfide) groups is 1. The second-order valence-electron chi connectivity index (χ2n) is 3.44. The summed E-state index contributed by atoms with van der Waals surface area (Å²) in [6.45, 7) is 0. The van der Waals surface area contributed by atoms with Gasteiger partial charge < -0.3 is 15.8 Å². The molecule has 0 aliphatic heterocycles. The molecule has 0 aliphatic carbocycles. The Morgan fingerprint density at radius 3 is 2.94 bits per heavy atom. The van der Waals surface area contributed by atoms with Gasteiger partial charge in [-0.25, -0.2) is 4.98 Å². The predicted octanol–water partition coefficient (Wildman–Crippen LogP) is 0.356. The fourth-order valence-corrected chi connectivity index (χ4v) is 1.85. The van der Waals surface area contributed by atoms with Crippen LogP contribution in [0, 0.1) is 0 Å². The van der Waals surface area contributed by atoms with Crippen LogP contribution in [-0.2, 0) is 4.79 Å². The summed E-state index contributed by atoms with van der Waals surface area (Å²) in [6, 6.07) is 3.30. The molecular weight excluding hydrogens is 240 g/mol. The monoisotopic (exact) mass is 254 g/mol. The molecule has 3 N–H and O–H groups in total. The number of nitrogens with two attached hydrogens (primary N) is 1. The largest absolute Gasteiger partial charge is 0.409 e. The van der Waals surface area contributed by atoms with E-state index in [1.807, 2.05) is 0 Å². The van der Waals surface area contributed by atoms with Crippen LogP contribution in [0.3, 0.4) is 0 Å². The fraction of sp³-hybridized carbons (Fsp3) is 0.300. The topological polar surface area (TPSA) is 91.8 Å². The Labute approximate surface area is 104 Å². The fourth-order valence-electron chi connectivity index (χ4n) is 0.970. The van der Waals surface area contributed by atoms with Crippen molar-refractivity contribution in [2.75, 3.05) is 19.8 Å². The van der Waals surface area contributed by atoms with Crippen LogP contribution >= 0.6 is 11.8 Å². The van der Waals surface area contributed by atoms with E-state index in [1.165, 1.54) is 16.7 Å². The first-order chi connectivity index (χ1) is 8.04. The van der Waals surface area contributed by atoms with Crippen LogP contribution in [0.1, 0.15) is 5.56 Å². The number of rotatable bonds is 4. The highest BCUT2D eigenvalue weighted by atomic mass is 32.2. The highest BCUT2D eigenvalue weighted by Crippen LogP contribution is 2.16. The van der Waals surface area contributed by atoms with Crippen molar-refractivity contribution in [2.45, 2.75) is 5.03 Å². The van der Waals surface area contributed by atoms with Gasteiger partial charge in [-0.05, 0) is 12.1 Å². The summed E-state index contributed by atoms with van der Waals surface area (Å²) in [5, 5.41) is 12.1. The number of carbonyl (C=O) groups is 1. The zero-order chi connectivity index (χ0) is 12.8. The maximum absolute atomic E-state index is 11.4. The first-order valence-electron chi connectivity index (χ1n) is 4.81. The minimum Gasteiger partial charge on any atom is -0.409 e. The first-order valence-corrected chi connectivity index (χ1v) is 5.80. The lowest BCUT2D eigenvalue weighted by molar-refractivity contribution is -0.125. The lowest BCUT2D eigenvalue weighted by Gasteiger charge is -2.09. The van der Waals surface area contributed by atoms with Crippen molar-refractivity contribution in [1.29, 1.82) is 0 Å². The number of nitrogens with zero attached hydrogens (tertiary/aromatic N) is 3. The second-order valence-corrected chi connectivity index (χ2v) is 4.44. The van der Waals surface area contributed by atoms with E-state index in [9.17, 15) is 4.79 Å². The molecule has 0 fully saturated rings. The average molecular weight is 254 g/mol. The number of hydrogen-bond donors (Lipinski definition) is 2. The van der Waals surface area contributed by atoms with E-state index in [0.717, 1.165) is 0 Å². The summed E-state index contributed by atoms with van der Waals surface area (Å²) in [6.07, 6.45) is 1.55. The first kappa shape index (κ1) is 13.3. The molecule has 0 saturated carbocycles. The lowest BCUT2D eigenvalue weighted by Crippen LogP contribution is -2.23. The maximum Gasteiger partial charge on any atom is 0.232 e. The Kier molecular flexibility index (Phi) is 4.77. The van der Waals surface area contributed by atoms with Crippen molar-refractivity contribution in [1.82, 2.24) is 9.88 Å². The highest BCUT2D eigenvalue weighted by Gasteiger charge is 2.07. The summed E-state index contributed by atoms with van der Waals surface area (Å²) in [5.74, 6) is 0.332. The summed E-state index contributed by atoms with van der Waals surface area (Å²) in [7, 11) is 3.40. The minimum atomic E-state index is 0.00556. The summed E-state index contributed by atoms with van der Waals surface area (Å²) in [4.78, 5) is 17.0. The second kappa shape index (κ2) is 6.09. The number of oxime groups is 1. The zero-order valence-corrected chi connectivity index (χ0v) is 10.4. The van der Waals surface area contributed by atoms with Gasteiger partial charge >= 0.3 is 0 Å². The molecule has 1 aromatic rings. The van der Waals surface area contributed by atoms with Crippen LogP contribution in [0.25, 0.3) is 0 Å². The smallest absolute Gasteiger partial charge is 0.232 e.